The highest BCUT2D eigenvalue weighted by Gasteiger charge is 2.13. The summed E-state index contributed by atoms with van der Waals surface area (Å²) in [5.74, 6) is 1.19. The molecule has 0 unspecified atom stereocenters. The summed E-state index contributed by atoms with van der Waals surface area (Å²) in [6.07, 6.45) is 3.80. The second kappa shape index (κ2) is 11.5. The zero-order valence-corrected chi connectivity index (χ0v) is 23.4. The molecular formula is C30H23Cl2N3O3S. The standard InChI is InChI=1S/C30H23Cl2N3O3S/c1-3-18-5-11-27-25(14-18)33-29(38-27)20-7-10-22(31)24(16-20)34-30(39)35-28(36)13-9-21-8-12-26(37-21)19-6-4-17(2)23(32)15-19/h4-16H,3H2,1-2H3,(H2,34,35,36,39)/b13-9+. The van der Waals surface area contributed by atoms with Gasteiger partial charge in [0.2, 0.25) is 11.8 Å². The molecular weight excluding hydrogens is 553 g/mol. The van der Waals surface area contributed by atoms with Crippen LogP contribution in [0.25, 0.3) is 40.0 Å². The van der Waals surface area contributed by atoms with Crippen LogP contribution in [-0.2, 0) is 11.2 Å². The highest BCUT2D eigenvalue weighted by atomic mass is 35.5. The van der Waals surface area contributed by atoms with Crippen molar-refractivity contribution in [3.8, 4) is 22.8 Å². The Hall–Kier alpha value is -3.91. The highest BCUT2D eigenvalue weighted by molar-refractivity contribution is 7.80. The van der Waals surface area contributed by atoms with E-state index in [1.807, 2.05) is 55.5 Å². The summed E-state index contributed by atoms with van der Waals surface area (Å²) in [6.45, 7) is 4.03. The van der Waals surface area contributed by atoms with E-state index in [-0.39, 0.29) is 5.11 Å². The number of amides is 1. The molecule has 5 rings (SSSR count). The number of aryl methyl sites for hydroxylation is 2. The van der Waals surface area contributed by atoms with Gasteiger partial charge in [-0.05, 0) is 91.3 Å². The number of furan rings is 1. The van der Waals surface area contributed by atoms with Crippen LogP contribution in [0.3, 0.4) is 0 Å². The number of hydrogen-bond donors (Lipinski definition) is 2. The highest BCUT2D eigenvalue weighted by Crippen LogP contribution is 2.31. The number of nitrogens with zero attached hydrogens (tertiary/aromatic N) is 1. The molecule has 2 N–H and O–H groups in total. The SMILES string of the molecule is CCc1ccc2oc(-c3ccc(Cl)c(NC(=S)NC(=O)/C=C/c4ccc(-c5ccc(C)c(Cl)c5)o4)c3)nc2c1. The van der Waals surface area contributed by atoms with Crippen molar-refractivity contribution >= 4 is 69.3 Å². The lowest BCUT2D eigenvalue weighted by Crippen LogP contribution is -2.32. The van der Waals surface area contributed by atoms with Crippen LogP contribution >= 0.6 is 35.4 Å². The van der Waals surface area contributed by atoms with Crippen molar-refractivity contribution in [2.75, 3.05) is 5.32 Å². The fourth-order valence-electron chi connectivity index (χ4n) is 3.88. The lowest BCUT2D eigenvalue weighted by atomic mass is 10.1. The van der Waals surface area contributed by atoms with E-state index in [2.05, 4.69) is 22.5 Å². The third-order valence-electron chi connectivity index (χ3n) is 6.04. The predicted molar refractivity (Wildman–Crippen MR) is 161 cm³/mol. The number of benzene rings is 3. The van der Waals surface area contributed by atoms with Gasteiger partial charge in [0.1, 0.15) is 17.0 Å². The van der Waals surface area contributed by atoms with Crippen LogP contribution in [-0.4, -0.2) is 16.0 Å². The minimum Gasteiger partial charge on any atom is -0.457 e. The van der Waals surface area contributed by atoms with Crippen LogP contribution in [0.1, 0.15) is 23.8 Å². The summed E-state index contributed by atoms with van der Waals surface area (Å²) < 4.78 is 11.7. The van der Waals surface area contributed by atoms with E-state index in [0.717, 1.165) is 23.1 Å². The molecule has 0 spiro atoms. The van der Waals surface area contributed by atoms with Gasteiger partial charge in [-0.3, -0.25) is 10.1 Å². The van der Waals surface area contributed by atoms with Gasteiger partial charge in [-0.15, -0.1) is 0 Å². The monoisotopic (exact) mass is 575 g/mol. The van der Waals surface area contributed by atoms with Crippen LogP contribution in [0.15, 0.2) is 81.6 Å². The van der Waals surface area contributed by atoms with Gasteiger partial charge >= 0.3 is 0 Å². The number of fused-ring (bicyclic) bond motifs is 1. The molecule has 196 valence electrons. The molecule has 6 nitrogen and oxygen atoms in total. The average Bonchev–Trinajstić information content (AvgIpc) is 3.57. The molecule has 2 aromatic heterocycles. The molecule has 0 radical (unpaired) electrons. The summed E-state index contributed by atoms with van der Waals surface area (Å²) >= 11 is 17.9. The van der Waals surface area contributed by atoms with Gasteiger partial charge in [0.25, 0.3) is 0 Å². The largest absolute Gasteiger partial charge is 0.457 e. The number of aromatic nitrogens is 1. The minimum absolute atomic E-state index is 0.0864. The van der Waals surface area contributed by atoms with Crippen LogP contribution in [0, 0.1) is 6.92 Å². The number of rotatable bonds is 6. The van der Waals surface area contributed by atoms with Crippen molar-refractivity contribution < 1.29 is 13.6 Å². The molecule has 0 aliphatic rings. The number of carbonyl (C=O) groups excluding carboxylic acids is 1. The van der Waals surface area contributed by atoms with E-state index in [0.29, 0.717) is 44.3 Å². The van der Waals surface area contributed by atoms with Gasteiger partial charge in [-0.1, -0.05) is 48.3 Å². The Morgan fingerprint density at radius 3 is 2.59 bits per heavy atom. The van der Waals surface area contributed by atoms with Crippen molar-refractivity contribution in [2.45, 2.75) is 20.3 Å². The maximum atomic E-state index is 12.5. The van der Waals surface area contributed by atoms with Crippen molar-refractivity contribution in [2.24, 2.45) is 0 Å². The second-order valence-corrected chi connectivity index (χ2v) is 10.0. The molecule has 5 aromatic rings. The van der Waals surface area contributed by atoms with Crippen LogP contribution in [0.5, 0.6) is 0 Å². The number of anilines is 1. The average molecular weight is 577 g/mol. The topological polar surface area (TPSA) is 80.3 Å². The molecule has 0 aliphatic carbocycles. The maximum absolute atomic E-state index is 12.5. The number of hydrogen-bond acceptors (Lipinski definition) is 5. The number of oxazole rings is 1. The molecule has 1 amide bonds. The summed E-state index contributed by atoms with van der Waals surface area (Å²) in [4.78, 5) is 17.1. The fourth-order valence-corrected chi connectivity index (χ4v) is 4.44. The molecule has 39 heavy (non-hydrogen) atoms. The Labute approximate surface area is 240 Å². The predicted octanol–water partition coefficient (Wildman–Crippen LogP) is 8.46. The Balaban J connectivity index is 1.23. The minimum atomic E-state index is -0.429. The number of thiocarbonyl (C=S) groups is 1. The summed E-state index contributed by atoms with van der Waals surface area (Å²) in [5.41, 5.74) is 5.73. The van der Waals surface area contributed by atoms with E-state index in [4.69, 9.17) is 44.3 Å². The van der Waals surface area contributed by atoms with E-state index in [1.165, 1.54) is 11.6 Å². The summed E-state index contributed by atoms with van der Waals surface area (Å²) in [6, 6.07) is 20.5. The smallest absolute Gasteiger partial charge is 0.250 e. The van der Waals surface area contributed by atoms with Gasteiger partial charge in [0.05, 0.1) is 10.7 Å². The first-order valence-electron chi connectivity index (χ1n) is 12.1. The molecule has 2 heterocycles. The molecule has 0 aliphatic heterocycles. The number of halogens is 2. The Morgan fingerprint density at radius 2 is 1.79 bits per heavy atom. The van der Waals surface area contributed by atoms with E-state index in [9.17, 15) is 4.79 Å². The molecule has 0 atom stereocenters. The second-order valence-electron chi connectivity index (χ2n) is 8.81. The molecule has 9 heteroatoms. The van der Waals surface area contributed by atoms with Gasteiger partial charge in [0.15, 0.2) is 10.7 Å². The van der Waals surface area contributed by atoms with Crippen molar-refractivity contribution in [3.05, 3.63) is 99.7 Å². The summed E-state index contributed by atoms with van der Waals surface area (Å²) in [5, 5.41) is 6.75. The first-order chi connectivity index (χ1) is 18.8. The normalized spacial score (nSPS) is 11.3. The third-order valence-corrected chi connectivity index (χ3v) is 6.98. The van der Waals surface area contributed by atoms with Crippen molar-refractivity contribution in [1.29, 1.82) is 0 Å². The first kappa shape index (κ1) is 26.7. The lowest BCUT2D eigenvalue weighted by molar-refractivity contribution is -0.115. The first-order valence-corrected chi connectivity index (χ1v) is 13.3. The quantitative estimate of drug-likeness (QED) is 0.156. The zero-order chi connectivity index (χ0) is 27.5. The fraction of sp³-hybridized carbons (Fsp3) is 0.100. The Kier molecular flexibility index (Phi) is 7.84. The van der Waals surface area contributed by atoms with Gasteiger partial charge in [0, 0.05) is 22.2 Å². The van der Waals surface area contributed by atoms with E-state index in [1.54, 1.807) is 24.3 Å². The zero-order valence-electron chi connectivity index (χ0n) is 21.0. The molecule has 0 fully saturated rings. The van der Waals surface area contributed by atoms with Crippen molar-refractivity contribution in [1.82, 2.24) is 10.3 Å². The molecule has 3 aromatic carbocycles. The molecule has 0 saturated heterocycles. The molecule has 0 bridgehead atoms. The lowest BCUT2D eigenvalue weighted by Gasteiger charge is -2.10. The Morgan fingerprint density at radius 1 is 0.974 bits per heavy atom. The summed E-state index contributed by atoms with van der Waals surface area (Å²) in [7, 11) is 0. The van der Waals surface area contributed by atoms with E-state index >= 15 is 0 Å². The molecule has 0 saturated carbocycles. The maximum Gasteiger partial charge on any atom is 0.250 e. The van der Waals surface area contributed by atoms with Gasteiger partial charge < -0.3 is 14.2 Å². The van der Waals surface area contributed by atoms with Crippen LogP contribution in [0.4, 0.5) is 5.69 Å². The van der Waals surface area contributed by atoms with Crippen LogP contribution in [0.2, 0.25) is 10.0 Å². The van der Waals surface area contributed by atoms with Gasteiger partial charge in [-0.2, -0.15) is 0 Å². The van der Waals surface area contributed by atoms with E-state index < -0.39 is 5.91 Å². The van der Waals surface area contributed by atoms with Crippen LogP contribution < -0.4 is 10.6 Å². The number of nitrogens with one attached hydrogen (secondary N) is 2. The Bertz CT molecular complexity index is 1740. The third kappa shape index (κ3) is 6.23. The number of carbonyl (C=O) groups is 1. The van der Waals surface area contributed by atoms with Gasteiger partial charge in [-0.25, -0.2) is 4.98 Å². The van der Waals surface area contributed by atoms with Crippen molar-refractivity contribution in [3.63, 3.8) is 0 Å².